The topological polar surface area (TPSA) is 38.0 Å². The summed E-state index contributed by atoms with van der Waals surface area (Å²) in [5.41, 5.74) is 5.10. The van der Waals surface area contributed by atoms with E-state index in [0.29, 0.717) is 11.5 Å². The van der Waals surface area contributed by atoms with Gasteiger partial charge in [0, 0.05) is 6.04 Å². The zero-order chi connectivity index (χ0) is 13.5. The molecule has 3 rings (SSSR count). The number of benzene rings is 1. The number of hydrogen-bond acceptors (Lipinski definition) is 2. The highest BCUT2D eigenvalue weighted by Gasteiger charge is 2.50. The molecule has 2 saturated carbocycles. The Morgan fingerprint density at radius 2 is 2.00 bits per heavy atom. The summed E-state index contributed by atoms with van der Waals surface area (Å²) in [6.45, 7) is 4.82. The van der Waals surface area contributed by atoms with E-state index >= 15 is 0 Å². The number of nitrogens with two attached hydrogens (primary N) is 1. The third-order valence-corrected chi connectivity index (χ3v) is 5.49. The normalized spacial score (nSPS) is 34.2. The van der Waals surface area contributed by atoms with Gasteiger partial charge in [-0.1, -0.05) is 50.6 Å². The van der Waals surface area contributed by atoms with Crippen LogP contribution in [0, 0.1) is 17.3 Å². The van der Waals surface area contributed by atoms with Crippen LogP contribution in [0.4, 0.5) is 0 Å². The van der Waals surface area contributed by atoms with Crippen LogP contribution in [-0.2, 0) is 0 Å². The second-order valence-corrected chi connectivity index (χ2v) is 7.10. The molecule has 0 aromatic heterocycles. The highest BCUT2D eigenvalue weighted by Crippen LogP contribution is 2.55. The van der Waals surface area contributed by atoms with Crippen LogP contribution in [0.1, 0.15) is 51.0 Å². The van der Waals surface area contributed by atoms with Crippen LogP contribution in [0.3, 0.4) is 0 Å². The van der Waals surface area contributed by atoms with Crippen LogP contribution in [0.15, 0.2) is 30.3 Å². The third-order valence-electron chi connectivity index (χ3n) is 5.49. The highest BCUT2D eigenvalue weighted by atomic mass is 15.2. The lowest BCUT2D eigenvalue weighted by Crippen LogP contribution is -2.46. The van der Waals surface area contributed by atoms with Crippen molar-refractivity contribution in [2.24, 2.45) is 23.1 Å². The van der Waals surface area contributed by atoms with Crippen molar-refractivity contribution in [3.05, 3.63) is 35.9 Å². The molecule has 2 fully saturated rings. The summed E-state index contributed by atoms with van der Waals surface area (Å²) in [6, 6.07) is 11.4. The van der Waals surface area contributed by atoms with E-state index in [0.717, 1.165) is 17.8 Å². The average molecular weight is 258 g/mol. The van der Waals surface area contributed by atoms with Gasteiger partial charge in [-0.25, -0.2) is 0 Å². The molecule has 0 amide bonds. The van der Waals surface area contributed by atoms with Crippen LogP contribution in [0.2, 0.25) is 0 Å². The summed E-state index contributed by atoms with van der Waals surface area (Å²) in [5.74, 6) is 8.09. The van der Waals surface area contributed by atoms with E-state index in [4.69, 9.17) is 5.84 Å². The van der Waals surface area contributed by atoms with Gasteiger partial charge in [-0.05, 0) is 48.0 Å². The molecule has 1 aromatic rings. The second-order valence-electron chi connectivity index (χ2n) is 7.10. The number of rotatable bonds is 4. The average Bonchev–Trinajstić information content (AvgIpc) is 3.11. The van der Waals surface area contributed by atoms with Crippen molar-refractivity contribution in [2.75, 3.05) is 0 Å². The molecule has 2 heteroatoms. The molecule has 1 aromatic carbocycles. The van der Waals surface area contributed by atoms with Crippen LogP contribution in [0.5, 0.6) is 0 Å². The van der Waals surface area contributed by atoms with Crippen molar-refractivity contribution in [2.45, 2.75) is 51.5 Å². The molecule has 0 spiro atoms. The number of hydrogen-bond donors (Lipinski definition) is 2. The molecule has 4 atom stereocenters. The minimum atomic E-state index is 0.445. The fourth-order valence-electron chi connectivity index (χ4n) is 4.25. The lowest BCUT2D eigenvalue weighted by Gasteiger charge is -2.34. The van der Waals surface area contributed by atoms with Gasteiger partial charge in [-0.3, -0.25) is 11.3 Å². The van der Waals surface area contributed by atoms with Crippen molar-refractivity contribution >= 4 is 0 Å². The molecule has 19 heavy (non-hydrogen) atoms. The second kappa shape index (κ2) is 4.92. The Morgan fingerprint density at radius 3 is 2.58 bits per heavy atom. The van der Waals surface area contributed by atoms with Gasteiger partial charge in [0.2, 0.25) is 0 Å². The van der Waals surface area contributed by atoms with Gasteiger partial charge in [-0.2, -0.15) is 0 Å². The summed E-state index contributed by atoms with van der Waals surface area (Å²) in [4.78, 5) is 0. The molecule has 104 valence electrons. The van der Waals surface area contributed by atoms with Gasteiger partial charge in [0.1, 0.15) is 0 Å². The van der Waals surface area contributed by atoms with Gasteiger partial charge in [-0.15, -0.1) is 0 Å². The first-order valence-corrected chi connectivity index (χ1v) is 7.64. The molecule has 0 saturated heterocycles. The first kappa shape index (κ1) is 13.1. The molecule has 0 heterocycles. The van der Waals surface area contributed by atoms with E-state index in [1.165, 1.54) is 31.2 Å². The summed E-state index contributed by atoms with van der Waals surface area (Å²) in [7, 11) is 0. The zero-order valence-corrected chi connectivity index (χ0v) is 12.1. The predicted molar refractivity (Wildman–Crippen MR) is 79.5 cm³/mol. The highest BCUT2D eigenvalue weighted by molar-refractivity contribution is 5.27. The fourth-order valence-corrected chi connectivity index (χ4v) is 4.25. The summed E-state index contributed by atoms with van der Waals surface area (Å²) in [5, 5.41) is 0. The molecule has 2 aliphatic carbocycles. The smallest absolute Gasteiger partial charge is 0.0278 e. The van der Waals surface area contributed by atoms with Gasteiger partial charge >= 0.3 is 0 Å². The quantitative estimate of drug-likeness (QED) is 0.641. The molecule has 3 N–H and O–H groups in total. The van der Waals surface area contributed by atoms with Crippen molar-refractivity contribution in [1.82, 2.24) is 5.43 Å². The first-order chi connectivity index (χ1) is 9.13. The Morgan fingerprint density at radius 1 is 1.26 bits per heavy atom. The van der Waals surface area contributed by atoms with E-state index in [9.17, 15) is 0 Å². The third kappa shape index (κ3) is 2.44. The molecular weight excluding hydrogens is 232 g/mol. The monoisotopic (exact) mass is 258 g/mol. The minimum absolute atomic E-state index is 0.445. The van der Waals surface area contributed by atoms with Crippen molar-refractivity contribution < 1.29 is 0 Å². The summed E-state index contributed by atoms with van der Waals surface area (Å²) >= 11 is 0. The molecular formula is C17H26N2. The maximum absolute atomic E-state index is 5.90. The van der Waals surface area contributed by atoms with E-state index in [2.05, 4.69) is 49.6 Å². The van der Waals surface area contributed by atoms with Crippen molar-refractivity contribution in [1.29, 1.82) is 0 Å². The Kier molecular flexibility index (Phi) is 3.40. The van der Waals surface area contributed by atoms with Gasteiger partial charge < -0.3 is 0 Å². The lowest BCUT2D eigenvalue weighted by molar-refractivity contribution is 0.181. The van der Waals surface area contributed by atoms with Gasteiger partial charge in [0.25, 0.3) is 0 Å². The number of hydrazine groups is 1. The Hall–Kier alpha value is -0.860. The van der Waals surface area contributed by atoms with Gasteiger partial charge in [0.15, 0.2) is 0 Å². The van der Waals surface area contributed by atoms with E-state index in [1.54, 1.807) is 0 Å². The summed E-state index contributed by atoms with van der Waals surface area (Å²) < 4.78 is 0. The Balaban J connectivity index is 1.72. The van der Waals surface area contributed by atoms with Gasteiger partial charge in [0.05, 0.1) is 0 Å². The van der Waals surface area contributed by atoms with Crippen molar-refractivity contribution in [3.63, 3.8) is 0 Å². The van der Waals surface area contributed by atoms with E-state index in [-0.39, 0.29) is 0 Å². The molecule has 4 unspecified atom stereocenters. The molecule has 2 aliphatic rings. The van der Waals surface area contributed by atoms with E-state index < -0.39 is 0 Å². The zero-order valence-electron chi connectivity index (χ0n) is 12.1. The first-order valence-electron chi connectivity index (χ1n) is 7.64. The number of nitrogens with one attached hydrogen (secondary N) is 1. The lowest BCUT2D eigenvalue weighted by atomic mass is 9.76. The van der Waals surface area contributed by atoms with Crippen molar-refractivity contribution in [3.8, 4) is 0 Å². The van der Waals surface area contributed by atoms with Crippen LogP contribution in [0.25, 0.3) is 0 Å². The minimum Gasteiger partial charge on any atom is -0.271 e. The largest absolute Gasteiger partial charge is 0.271 e. The summed E-state index contributed by atoms with van der Waals surface area (Å²) in [6.07, 6.45) is 5.34. The predicted octanol–water partition coefficient (Wildman–Crippen LogP) is 3.45. The Bertz CT molecular complexity index is 426. The molecule has 0 bridgehead atoms. The van der Waals surface area contributed by atoms with E-state index in [1.807, 2.05) is 0 Å². The maximum atomic E-state index is 5.90. The van der Waals surface area contributed by atoms with Crippen LogP contribution >= 0.6 is 0 Å². The SMILES string of the molecule is CC1(C)CCCC1C(NN)C1CC1c1ccccc1. The molecule has 2 nitrogen and oxygen atoms in total. The molecule has 0 aliphatic heterocycles. The fraction of sp³-hybridized carbons (Fsp3) is 0.647. The van der Waals surface area contributed by atoms with Crippen LogP contribution in [-0.4, -0.2) is 6.04 Å². The standard InChI is InChI=1S/C17H26N2/c1-17(2)10-6-9-15(17)16(19-18)14-11-13(14)12-7-4-3-5-8-12/h3-5,7-8,13-16,19H,6,9-11,18H2,1-2H3. The maximum Gasteiger partial charge on any atom is 0.0278 e. The molecule has 0 radical (unpaired) electrons. The van der Waals surface area contributed by atoms with Crippen LogP contribution < -0.4 is 11.3 Å². The Labute approximate surface area is 116 Å².